The Kier molecular flexibility index (Phi) is 8.37. The van der Waals surface area contributed by atoms with Crippen LogP contribution in [0.3, 0.4) is 0 Å². The zero-order valence-electron chi connectivity index (χ0n) is 19.7. The largest absolute Gasteiger partial charge is 0.390 e. The number of aliphatic hydroxyl groups is 1. The Morgan fingerprint density at radius 2 is 1.67 bits per heavy atom. The molecule has 33 heavy (non-hydrogen) atoms. The Labute approximate surface area is 198 Å². The number of nitrogens with one attached hydrogen (secondary N) is 2. The van der Waals surface area contributed by atoms with Crippen molar-refractivity contribution in [3.05, 3.63) is 65.7 Å². The maximum atomic E-state index is 13.1. The number of rotatable bonds is 9. The van der Waals surface area contributed by atoms with Gasteiger partial charge < -0.3 is 25.5 Å². The van der Waals surface area contributed by atoms with Crippen LogP contribution in [0.15, 0.2) is 54.6 Å². The van der Waals surface area contributed by atoms with Gasteiger partial charge in [-0.1, -0.05) is 43.2 Å². The van der Waals surface area contributed by atoms with Gasteiger partial charge in [-0.15, -0.1) is 0 Å². The first-order valence-electron chi connectivity index (χ1n) is 12.4. The highest BCUT2D eigenvalue weighted by Crippen LogP contribution is 2.19. The van der Waals surface area contributed by atoms with Crippen molar-refractivity contribution in [3.63, 3.8) is 0 Å². The molecule has 2 aromatic rings. The van der Waals surface area contributed by atoms with E-state index in [2.05, 4.69) is 27.5 Å². The molecule has 1 saturated carbocycles. The van der Waals surface area contributed by atoms with Crippen LogP contribution in [0.5, 0.6) is 0 Å². The van der Waals surface area contributed by atoms with Gasteiger partial charge in [-0.25, -0.2) is 0 Å². The normalized spacial score (nSPS) is 19.4. The zero-order chi connectivity index (χ0) is 23.0. The molecule has 2 atom stereocenters. The van der Waals surface area contributed by atoms with Gasteiger partial charge in [0.25, 0.3) is 5.91 Å². The second-order valence-corrected chi connectivity index (χ2v) is 9.56. The van der Waals surface area contributed by atoms with Gasteiger partial charge in [0, 0.05) is 50.0 Å². The number of likely N-dealkylation sites (N-methyl/N-ethyl adjacent to an activating group) is 1. The molecule has 0 unspecified atom stereocenters. The molecule has 2 fully saturated rings. The van der Waals surface area contributed by atoms with Gasteiger partial charge in [-0.3, -0.25) is 4.79 Å². The highest BCUT2D eigenvalue weighted by atomic mass is 16.3. The highest BCUT2D eigenvalue weighted by molar-refractivity contribution is 5.94. The number of hydrogen-bond acceptors (Lipinski definition) is 5. The van der Waals surface area contributed by atoms with Crippen LogP contribution in [-0.2, 0) is 6.42 Å². The molecule has 2 aliphatic rings. The van der Waals surface area contributed by atoms with Crippen molar-refractivity contribution in [2.75, 3.05) is 44.7 Å². The van der Waals surface area contributed by atoms with Gasteiger partial charge >= 0.3 is 0 Å². The molecule has 0 spiro atoms. The zero-order valence-corrected chi connectivity index (χ0v) is 19.7. The summed E-state index contributed by atoms with van der Waals surface area (Å²) in [5.41, 5.74) is 2.89. The minimum atomic E-state index is -0.653. The molecule has 2 aromatic carbocycles. The van der Waals surface area contributed by atoms with Gasteiger partial charge in [0.05, 0.1) is 12.1 Å². The summed E-state index contributed by atoms with van der Waals surface area (Å²) in [7, 11) is 2.15. The summed E-state index contributed by atoms with van der Waals surface area (Å²) in [5, 5.41) is 17.6. The third-order valence-corrected chi connectivity index (χ3v) is 7.05. The summed E-state index contributed by atoms with van der Waals surface area (Å²) in [6.45, 7) is 4.60. The van der Waals surface area contributed by atoms with Crippen LogP contribution in [0.2, 0.25) is 0 Å². The monoisotopic (exact) mass is 450 g/mol. The molecule has 1 amide bonds. The number of aliphatic hydroxyl groups excluding tert-OH is 1. The number of amides is 1. The van der Waals surface area contributed by atoms with E-state index < -0.39 is 6.10 Å². The first-order chi connectivity index (χ1) is 16.1. The number of benzene rings is 2. The summed E-state index contributed by atoms with van der Waals surface area (Å²) in [5.74, 6) is -0.138. The third kappa shape index (κ3) is 6.79. The molecule has 4 rings (SSSR count). The SMILES string of the molecule is CN1CCN(c2ccc(C(=O)N[C@@H](Cc3ccccc3)[C@H](O)CNC3CCCC3)cc2)CC1. The van der Waals surface area contributed by atoms with Crippen LogP contribution < -0.4 is 15.5 Å². The summed E-state index contributed by atoms with van der Waals surface area (Å²) >= 11 is 0. The van der Waals surface area contributed by atoms with Crippen LogP contribution in [0.1, 0.15) is 41.6 Å². The van der Waals surface area contributed by atoms with E-state index >= 15 is 0 Å². The van der Waals surface area contributed by atoms with E-state index in [1.807, 2.05) is 54.6 Å². The molecule has 0 bridgehead atoms. The highest BCUT2D eigenvalue weighted by Gasteiger charge is 2.24. The average Bonchev–Trinajstić information content (AvgIpc) is 3.37. The summed E-state index contributed by atoms with van der Waals surface area (Å²) in [6.07, 6.45) is 4.78. The smallest absolute Gasteiger partial charge is 0.251 e. The van der Waals surface area contributed by atoms with Gasteiger partial charge in [-0.2, -0.15) is 0 Å². The Bertz CT molecular complexity index is 859. The fourth-order valence-electron chi connectivity index (χ4n) is 4.85. The number of carbonyl (C=O) groups excluding carboxylic acids is 1. The molecule has 1 aliphatic heterocycles. The topological polar surface area (TPSA) is 67.8 Å². The summed E-state index contributed by atoms with van der Waals surface area (Å²) < 4.78 is 0. The lowest BCUT2D eigenvalue weighted by molar-refractivity contribution is 0.0825. The number of nitrogens with zero attached hydrogens (tertiary/aromatic N) is 2. The fraction of sp³-hybridized carbons (Fsp3) is 0.519. The minimum absolute atomic E-state index is 0.138. The molecule has 0 aromatic heterocycles. The molecule has 1 saturated heterocycles. The van der Waals surface area contributed by atoms with Crippen LogP contribution in [-0.4, -0.2) is 73.9 Å². The first-order valence-corrected chi connectivity index (χ1v) is 12.4. The second-order valence-electron chi connectivity index (χ2n) is 9.56. The van der Waals surface area contributed by atoms with Crippen LogP contribution >= 0.6 is 0 Å². The van der Waals surface area contributed by atoms with Crippen molar-refractivity contribution in [3.8, 4) is 0 Å². The van der Waals surface area contributed by atoms with E-state index in [1.165, 1.54) is 25.7 Å². The molecular weight excluding hydrogens is 412 g/mol. The van der Waals surface area contributed by atoms with Crippen molar-refractivity contribution >= 4 is 11.6 Å². The Hall–Kier alpha value is -2.41. The van der Waals surface area contributed by atoms with Crippen molar-refractivity contribution in [1.29, 1.82) is 0 Å². The Morgan fingerprint density at radius 3 is 2.33 bits per heavy atom. The molecule has 1 aliphatic carbocycles. The predicted octanol–water partition coefficient (Wildman–Crippen LogP) is 2.67. The van der Waals surface area contributed by atoms with E-state index in [0.29, 0.717) is 24.6 Å². The summed E-state index contributed by atoms with van der Waals surface area (Å²) in [6, 6.07) is 18.0. The molecule has 0 radical (unpaired) electrons. The maximum Gasteiger partial charge on any atom is 0.251 e. The number of carbonyl (C=O) groups is 1. The fourth-order valence-corrected chi connectivity index (χ4v) is 4.85. The lowest BCUT2D eigenvalue weighted by Crippen LogP contribution is -2.49. The molecule has 1 heterocycles. The molecule has 6 nitrogen and oxygen atoms in total. The van der Waals surface area contributed by atoms with Gasteiger partial charge in [0.2, 0.25) is 0 Å². The van der Waals surface area contributed by atoms with Gasteiger partial charge in [0.15, 0.2) is 0 Å². The Balaban J connectivity index is 1.39. The molecule has 6 heteroatoms. The van der Waals surface area contributed by atoms with E-state index in [1.54, 1.807) is 0 Å². The predicted molar refractivity (Wildman–Crippen MR) is 134 cm³/mol. The lowest BCUT2D eigenvalue weighted by atomic mass is 10.00. The van der Waals surface area contributed by atoms with Crippen molar-refractivity contribution < 1.29 is 9.90 Å². The van der Waals surface area contributed by atoms with Gasteiger partial charge in [0.1, 0.15) is 0 Å². The van der Waals surface area contributed by atoms with Crippen molar-refractivity contribution in [2.24, 2.45) is 0 Å². The number of anilines is 1. The van der Waals surface area contributed by atoms with Crippen LogP contribution in [0.25, 0.3) is 0 Å². The Morgan fingerprint density at radius 1 is 1.00 bits per heavy atom. The minimum Gasteiger partial charge on any atom is -0.390 e. The van der Waals surface area contributed by atoms with Gasteiger partial charge in [-0.05, 0) is 56.1 Å². The van der Waals surface area contributed by atoms with Crippen LogP contribution in [0.4, 0.5) is 5.69 Å². The maximum absolute atomic E-state index is 13.1. The average molecular weight is 451 g/mol. The van der Waals surface area contributed by atoms with Crippen LogP contribution in [0, 0.1) is 0 Å². The third-order valence-electron chi connectivity index (χ3n) is 7.05. The second kappa shape index (κ2) is 11.6. The van der Waals surface area contributed by atoms with E-state index in [9.17, 15) is 9.90 Å². The molecule has 178 valence electrons. The first kappa shape index (κ1) is 23.7. The lowest BCUT2D eigenvalue weighted by Gasteiger charge is -2.34. The standard InChI is InChI=1S/C27H38N4O2/c1-30-15-17-31(18-16-30)24-13-11-22(12-14-24)27(33)29-25(19-21-7-3-2-4-8-21)26(32)20-28-23-9-5-6-10-23/h2-4,7-8,11-14,23,25-26,28,32H,5-6,9-10,15-20H2,1H3,(H,29,33)/t25-,26+/m0/s1. The summed E-state index contributed by atoms with van der Waals surface area (Å²) in [4.78, 5) is 17.8. The molecular formula is C27H38N4O2. The van der Waals surface area contributed by atoms with E-state index in [-0.39, 0.29) is 11.9 Å². The van der Waals surface area contributed by atoms with E-state index in [4.69, 9.17) is 0 Å². The van der Waals surface area contributed by atoms with Crippen molar-refractivity contribution in [1.82, 2.24) is 15.5 Å². The number of hydrogen-bond donors (Lipinski definition) is 3. The number of piperazine rings is 1. The quantitative estimate of drug-likeness (QED) is 0.548. The van der Waals surface area contributed by atoms with Crippen molar-refractivity contribution in [2.45, 2.75) is 50.3 Å². The molecule has 3 N–H and O–H groups in total. The van der Waals surface area contributed by atoms with E-state index in [0.717, 1.165) is 37.4 Å².